The number of hydrogen-bond acceptors (Lipinski definition) is 6. The van der Waals surface area contributed by atoms with Gasteiger partial charge in [-0.25, -0.2) is 16.8 Å². The number of nitrogens with zero attached hydrogens (tertiary/aromatic N) is 2. The molecule has 3 heterocycles. The lowest BCUT2D eigenvalue weighted by Crippen LogP contribution is -2.50. The van der Waals surface area contributed by atoms with Gasteiger partial charge in [0.1, 0.15) is 5.82 Å². The van der Waals surface area contributed by atoms with Crippen molar-refractivity contribution in [1.82, 2.24) is 3.97 Å². The van der Waals surface area contributed by atoms with Crippen LogP contribution in [0.3, 0.4) is 0 Å². The van der Waals surface area contributed by atoms with Crippen LogP contribution in [0.4, 0.5) is 10.1 Å². The zero-order chi connectivity index (χ0) is 28.2. The first-order valence-electron chi connectivity index (χ1n) is 12.5. The van der Waals surface area contributed by atoms with Crippen molar-refractivity contribution in [2.24, 2.45) is 5.92 Å². The Kier molecular flexibility index (Phi) is 6.31. The molecule has 3 aromatic carbocycles. The number of carboxylic acid groups (broad SMARTS) is 1. The maximum atomic E-state index is 14.7. The first-order valence-corrected chi connectivity index (χ1v) is 14.8. The van der Waals surface area contributed by atoms with Crippen LogP contribution in [0.1, 0.15) is 15.2 Å². The summed E-state index contributed by atoms with van der Waals surface area (Å²) in [6, 6.07) is 19.4. The Hall–Kier alpha value is -4.28. The third-order valence-electron chi connectivity index (χ3n) is 7.23. The molecule has 0 unspecified atom stereocenters. The maximum Gasteiger partial charge on any atom is 0.310 e. The minimum atomic E-state index is -4.19. The van der Waals surface area contributed by atoms with E-state index in [1.165, 1.54) is 45.6 Å². The third-order valence-corrected chi connectivity index (χ3v) is 9.80. The molecule has 0 aliphatic carbocycles. The second kappa shape index (κ2) is 9.72. The Morgan fingerprint density at radius 2 is 1.80 bits per heavy atom. The number of halogens is 1. The van der Waals surface area contributed by atoms with E-state index in [9.17, 15) is 27.5 Å². The SMILES string of the molecule is Cc1ccc(S(=O)(=O)n2c(-c3cccc(N4CC(C(=O)O)C4)c3)c(-c3ccsc3C=O)c3cc(F)ccc32)cc1. The number of hydrogen-bond donors (Lipinski definition) is 1. The zero-order valence-corrected chi connectivity index (χ0v) is 22.9. The van der Waals surface area contributed by atoms with E-state index >= 15 is 0 Å². The van der Waals surface area contributed by atoms with E-state index in [-0.39, 0.29) is 10.4 Å². The van der Waals surface area contributed by atoms with Crippen LogP contribution in [-0.4, -0.2) is 42.8 Å². The summed E-state index contributed by atoms with van der Waals surface area (Å²) in [4.78, 5) is 25.7. The number of fused-ring (bicyclic) bond motifs is 1. The molecule has 202 valence electrons. The molecular weight excluding hydrogens is 551 g/mol. The second-order valence-corrected chi connectivity index (χ2v) is 12.5. The first kappa shape index (κ1) is 26.0. The lowest BCUT2D eigenvalue weighted by molar-refractivity contribution is -0.142. The summed E-state index contributed by atoms with van der Waals surface area (Å²) >= 11 is 1.22. The fourth-order valence-corrected chi connectivity index (χ4v) is 7.40. The molecule has 7 nitrogen and oxygen atoms in total. The molecule has 1 aliphatic heterocycles. The number of carbonyl (C=O) groups excluding carboxylic acids is 1. The van der Waals surface area contributed by atoms with Gasteiger partial charge >= 0.3 is 5.97 Å². The maximum absolute atomic E-state index is 14.7. The molecule has 10 heteroatoms. The van der Waals surface area contributed by atoms with E-state index in [1.807, 2.05) is 17.9 Å². The lowest BCUT2D eigenvalue weighted by atomic mass is 9.96. The van der Waals surface area contributed by atoms with Gasteiger partial charge in [0.25, 0.3) is 10.0 Å². The number of thiophene rings is 1. The van der Waals surface area contributed by atoms with Crippen molar-refractivity contribution in [3.63, 3.8) is 0 Å². The van der Waals surface area contributed by atoms with Gasteiger partial charge in [0.05, 0.1) is 26.9 Å². The van der Waals surface area contributed by atoms with Crippen LogP contribution in [0, 0.1) is 18.7 Å². The van der Waals surface area contributed by atoms with Crippen molar-refractivity contribution in [1.29, 1.82) is 0 Å². The van der Waals surface area contributed by atoms with Crippen LogP contribution >= 0.6 is 11.3 Å². The van der Waals surface area contributed by atoms with Gasteiger partial charge in [-0.3, -0.25) is 9.59 Å². The number of benzene rings is 3. The van der Waals surface area contributed by atoms with Gasteiger partial charge in [-0.05, 0) is 60.8 Å². The van der Waals surface area contributed by atoms with Crippen molar-refractivity contribution in [3.8, 4) is 22.4 Å². The highest BCUT2D eigenvalue weighted by Gasteiger charge is 2.34. The third kappa shape index (κ3) is 4.20. The number of carbonyl (C=O) groups is 2. The normalized spacial score (nSPS) is 13.9. The Balaban J connectivity index is 1.67. The summed E-state index contributed by atoms with van der Waals surface area (Å²) in [5.41, 5.74) is 3.66. The predicted molar refractivity (Wildman–Crippen MR) is 153 cm³/mol. The van der Waals surface area contributed by atoms with Gasteiger partial charge in [0, 0.05) is 40.9 Å². The van der Waals surface area contributed by atoms with Crippen LogP contribution in [0.25, 0.3) is 33.3 Å². The number of rotatable bonds is 7. The summed E-state index contributed by atoms with van der Waals surface area (Å²) in [5.74, 6) is -1.88. The minimum Gasteiger partial charge on any atom is -0.481 e. The standard InChI is InChI=1S/C30H23FN2O5S2/c1-18-5-8-23(9-6-18)40(37,38)33-26-10-7-21(31)14-25(26)28(24-11-12-39-27(24)17-34)29(33)19-3-2-4-22(13-19)32-15-20(16-32)30(35)36/h2-14,17,20H,15-16H2,1H3,(H,35,36). The molecule has 5 aromatic rings. The minimum absolute atomic E-state index is 0.0660. The predicted octanol–water partition coefficient (Wildman–Crippen LogP) is 6.05. The molecular formula is C30H23FN2O5S2. The molecule has 0 saturated carbocycles. The molecule has 0 amide bonds. The largest absolute Gasteiger partial charge is 0.481 e. The molecule has 1 aliphatic rings. The van der Waals surface area contributed by atoms with E-state index in [4.69, 9.17) is 0 Å². The van der Waals surface area contributed by atoms with Crippen molar-refractivity contribution < 1.29 is 27.5 Å². The average molecular weight is 575 g/mol. The topological polar surface area (TPSA) is 96.7 Å². The average Bonchev–Trinajstić information content (AvgIpc) is 3.50. The van der Waals surface area contributed by atoms with E-state index in [0.717, 1.165) is 11.3 Å². The van der Waals surface area contributed by atoms with Crippen LogP contribution in [0.5, 0.6) is 0 Å². The number of anilines is 1. The van der Waals surface area contributed by atoms with E-state index in [1.54, 1.807) is 41.8 Å². The zero-order valence-electron chi connectivity index (χ0n) is 21.2. The lowest BCUT2D eigenvalue weighted by Gasteiger charge is -2.38. The Bertz CT molecular complexity index is 1900. The summed E-state index contributed by atoms with van der Waals surface area (Å²) in [6.45, 7) is 2.53. The van der Waals surface area contributed by atoms with Crippen molar-refractivity contribution in [3.05, 3.63) is 94.4 Å². The smallest absolute Gasteiger partial charge is 0.310 e. The van der Waals surface area contributed by atoms with Crippen LogP contribution < -0.4 is 4.90 Å². The second-order valence-electron chi connectivity index (χ2n) is 9.77. The quantitative estimate of drug-likeness (QED) is 0.238. The number of aliphatic carboxylic acids is 1. The molecule has 1 saturated heterocycles. The molecule has 6 rings (SSSR count). The monoisotopic (exact) mass is 574 g/mol. The first-order chi connectivity index (χ1) is 19.2. The van der Waals surface area contributed by atoms with Crippen molar-refractivity contribution in [2.75, 3.05) is 18.0 Å². The van der Waals surface area contributed by atoms with Gasteiger partial charge in [0.2, 0.25) is 0 Å². The van der Waals surface area contributed by atoms with Crippen LogP contribution in [-0.2, 0) is 14.8 Å². The van der Waals surface area contributed by atoms with Gasteiger partial charge in [-0.2, -0.15) is 0 Å². The van der Waals surface area contributed by atoms with Crippen molar-refractivity contribution in [2.45, 2.75) is 11.8 Å². The summed E-state index contributed by atoms with van der Waals surface area (Å²) in [5, 5.41) is 11.4. The van der Waals surface area contributed by atoms with Crippen molar-refractivity contribution >= 4 is 50.2 Å². The fourth-order valence-electron chi connectivity index (χ4n) is 5.15. The Labute approximate surface area is 233 Å². The number of carboxylic acids is 1. The van der Waals surface area contributed by atoms with Gasteiger partial charge in [0.15, 0.2) is 6.29 Å². The molecule has 0 radical (unpaired) electrons. The molecule has 1 N–H and O–H groups in total. The summed E-state index contributed by atoms with van der Waals surface area (Å²) in [6.07, 6.45) is 0.712. The van der Waals surface area contributed by atoms with Gasteiger partial charge < -0.3 is 10.0 Å². The highest BCUT2D eigenvalue weighted by atomic mass is 32.2. The number of aryl methyl sites for hydroxylation is 1. The molecule has 0 spiro atoms. The van der Waals surface area contributed by atoms with E-state index in [2.05, 4.69) is 0 Å². The summed E-state index contributed by atoms with van der Waals surface area (Å²) < 4.78 is 44.5. The molecule has 2 aromatic heterocycles. The molecule has 1 fully saturated rings. The highest BCUT2D eigenvalue weighted by Crippen LogP contribution is 2.45. The van der Waals surface area contributed by atoms with E-state index in [0.29, 0.717) is 52.0 Å². The fraction of sp³-hybridized carbons (Fsp3) is 0.133. The summed E-state index contributed by atoms with van der Waals surface area (Å²) in [7, 11) is -4.19. The van der Waals surface area contributed by atoms with Gasteiger partial charge in [-0.1, -0.05) is 29.8 Å². The number of aromatic nitrogens is 1. The molecule has 0 atom stereocenters. The molecule has 0 bridgehead atoms. The Morgan fingerprint density at radius 1 is 1.05 bits per heavy atom. The number of aldehydes is 1. The Morgan fingerprint density at radius 3 is 2.50 bits per heavy atom. The van der Waals surface area contributed by atoms with Crippen LogP contribution in [0.2, 0.25) is 0 Å². The van der Waals surface area contributed by atoms with Crippen LogP contribution in [0.15, 0.2) is 83.1 Å². The molecule has 40 heavy (non-hydrogen) atoms. The van der Waals surface area contributed by atoms with Gasteiger partial charge in [-0.15, -0.1) is 11.3 Å². The van der Waals surface area contributed by atoms with E-state index < -0.39 is 27.7 Å². The highest BCUT2D eigenvalue weighted by molar-refractivity contribution is 7.90.